The van der Waals surface area contributed by atoms with Crippen LogP contribution in [-0.2, 0) is 6.54 Å². The van der Waals surface area contributed by atoms with Crippen molar-refractivity contribution in [2.45, 2.75) is 6.54 Å². The number of urea groups is 1. The molecular weight excluding hydrogens is 342 g/mol. The number of anilines is 2. The van der Waals surface area contributed by atoms with Crippen molar-refractivity contribution in [1.29, 1.82) is 0 Å². The third-order valence-electron chi connectivity index (χ3n) is 4.12. The number of fused-ring (bicyclic) bond motifs is 1. The summed E-state index contributed by atoms with van der Waals surface area (Å²) in [5.41, 5.74) is 5.52. The van der Waals surface area contributed by atoms with Gasteiger partial charge in [0.25, 0.3) is 0 Å². The molecule has 1 aliphatic rings. The largest absolute Gasteiger partial charge is 0.454 e. The Bertz CT molecular complexity index is 916. The second-order valence-electron chi connectivity index (χ2n) is 6.04. The van der Waals surface area contributed by atoms with Crippen LogP contribution in [0.3, 0.4) is 0 Å². The van der Waals surface area contributed by atoms with E-state index in [-0.39, 0.29) is 12.8 Å². The number of carbonyl (C=O) groups excluding carboxylic acids is 1. The molecule has 0 saturated heterocycles. The van der Waals surface area contributed by atoms with Crippen molar-refractivity contribution in [1.82, 2.24) is 5.43 Å². The number of benzene rings is 3. The molecule has 0 atom stereocenters. The van der Waals surface area contributed by atoms with E-state index in [1.54, 1.807) is 23.2 Å². The van der Waals surface area contributed by atoms with E-state index >= 15 is 0 Å². The fourth-order valence-electron chi connectivity index (χ4n) is 2.83. The van der Waals surface area contributed by atoms with E-state index in [0.717, 1.165) is 11.3 Å². The second kappa shape index (κ2) is 7.70. The molecule has 0 aromatic heterocycles. The Hall–Kier alpha value is -3.67. The van der Waals surface area contributed by atoms with Crippen LogP contribution in [-0.4, -0.2) is 12.8 Å². The molecule has 1 aliphatic heterocycles. The molecule has 4 rings (SSSR count). The third-order valence-corrected chi connectivity index (χ3v) is 4.12. The van der Waals surface area contributed by atoms with Gasteiger partial charge in [-0.3, -0.25) is 5.01 Å². The molecule has 3 aromatic rings. The van der Waals surface area contributed by atoms with Gasteiger partial charge >= 0.3 is 6.03 Å². The number of amides is 2. The fourth-order valence-corrected chi connectivity index (χ4v) is 2.83. The quantitative estimate of drug-likeness (QED) is 0.670. The van der Waals surface area contributed by atoms with Crippen LogP contribution in [0.1, 0.15) is 5.56 Å². The van der Waals surface area contributed by atoms with Crippen LogP contribution in [0, 0.1) is 0 Å². The van der Waals surface area contributed by atoms with Crippen molar-refractivity contribution >= 4 is 17.4 Å². The molecular formula is C21H19N3O3. The Balaban J connectivity index is 1.48. The molecule has 0 radical (unpaired) electrons. The van der Waals surface area contributed by atoms with Gasteiger partial charge in [-0.15, -0.1) is 0 Å². The first kappa shape index (κ1) is 16.8. The summed E-state index contributed by atoms with van der Waals surface area (Å²) in [7, 11) is 0. The van der Waals surface area contributed by atoms with Crippen molar-refractivity contribution in [2.24, 2.45) is 0 Å². The van der Waals surface area contributed by atoms with E-state index in [1.807, 2.05) is 60.7 Å². The molecule has 0 bridgehead atoms. The normalized spacial score (nSPS) is 11.7. The lowest BCUT2D eigenvalue weighted by atomic mass is 10.2. The van der Waals surface area contributed by atoms with Gasteiger partial charge < -0.3 is 14.8 Å². The Labute approximate surface area is 157 Å². The van der Waals surface area contributed by atoms with Gasteiger partial charge in [0.05, 0.1) is 12.2 Å². The van der Waals surface area contributed by atoms with Crippen molar-refractivity contribution < 1.29 is 14.3 Å². The number of hydrogen-bond donors (Lipinski definition) is 2. The summed E-state index contributed by atoms with van der Waals surface area (Å²) in [5, 5.41) is 4.63. The molecule has 2 amide bonds. The molecule has 27 heavy (non-hydrogen) atoms. The lowest BCUT2D eigenvalue weighted by Crippen LogP contribution is -2.44. The number of rotatable bonds is 5. The monoisotopic (exact) mass is 361 g/mol. The van der Waals surface area contributed by atoms with Crippen LogP contribution in [0.2, 0.25) is 0 Å². The number of nitrogens with one attached hydrogen (secondary N) is 2. The number of hydrogen-bond acceptors (Lipinski definition) is 4. The summed E-state index contributed by atoms with van der Waals surface area (Å²) >= 11 is 0. The molecule has 6 heteroatoms. The molecule has 1 heterocycles. The van der Waals surface area contributed by atoms with E-state index in [4.69, 9.17) is 9.47 Å². The first-order valence-corrected chi connectivity index (χ1v) is 8.62. The lowest BCUT2D eigenvalue weighted by Gasteiger charge is -2.25. The van der Waals surface area contributed by atoms with Gasteiger partial charge in [-0.05, 0) is 29.8 Å². The molecule has 0 spiro atoms. The number of carbonyl (C=O) groups is 1. The molecule has 3 aromatic carbocycles. The maximum atomic E-state index is 12.6. The smallest absolute Gasteiger partial charge is 0.338 e. The van der Waals surface area contributed by atoms with Gasteiger partial charge in [0, 0.05) is 11.8 Å². The Morgan fingerprint density at radius 3 is 2.37 bits per heavy atom. The molecule has 2 N–H and O–H groups in total. The van der Waals surface area contributed by atoms with Crippen molar-refractivity contribution in [3.8, 4) is 11.5 Å². The highest BCUT2D eigenvalue weighted by Crippen LogP contribution is 2.34. The van der Waals surface area contributed by atoms with Gasteiger partial charge in [-0.1, -0.05) is 48.5 Å². The van der Waals surface area contributed by atoms with Crippen molar-refractivity contribution in [3.05, 3.63) is 84.4 Å². The van der Waals surface area contributed by atoms with Crippen LogP contribution in [0.25, 0.3) is 0 Å². The van der Waals surface area contributed by atoms with Gasteiger partial charge in [-0.2, -0.15) is 0 Å². The summed E-state index contributed by atoms with van der Waals surface area (Å²) in [6.45, 7) is 0.739. The summed E-state index contributed by atoms with van der Waals surface area (Å²) in [4.78, 5) is 12.6. The maximum absolute atomic E-state index is 12.6. The fraction of sp³-hybridized carbons (Fsp3) is 0.0952. The van der Waals surface area contributed by atoms with Gasteiger partial charge in [0.1, 0.15) is 0 Å². The number of nitrogens with zero attached hydrogens (tertiary/aromatic N) is 1. The average molecular weight is 361 g/mol. The molecule has 0 saturated carbocycles. The van der Waals surface area contributed by atoms with Crippen molar-refractivity contribution in [3.63, 3.8) is 0 Å². The number of hydrazine groups is 1. The maximum Gasteiger partial charge on any atom is 0.338 e. The highest BCUT2D eigenvalue weighted by molar-refractivity contribution is 5.90. The SMILES string of the molecule is O=C(Nc1ccc2c(c1)OCO2)NN(Cc1ccccc1)c1ccccc1. The summed E-state index contributed by atoms with van der Waals surface area (Å²) < 4.78 is 10.6. The predicted octanol–water partition coefficient (Wildman–Crippen LogP) is 4.16. The van der Waals surface area contributed by atoms with Crippen molar-refractivity contribution in [2.75, 3.05) is 17.1 Å². The van der Waals surface area contributed by atoms with E-state index < -0.39 is 0 Å². The van der Waals surface area contributed by atoms with E-state index in [1.165, 1.54) is 0 Å². The van der Waals surface area contributed by atoms with Gasteiger partial charge in [-0.25, -0.2) is 10.2 Å². The summed E-state index contributed by atoms with van der Waals surface area (Å²) in [6, 6.07) is 24.6. The van der Waals surface area contributed by atoms with Gasteiger partial charge in [0.2, 0.25) is 6.79 Å². The molecule has 0 aliphatic carbocycles. The minimum Gasteiger partial charge on any atom is -0.454 e. The van der Waals surface area contributed by atoms with Crippen LogP contribution in [0.15, 0.2) is 78.9 Å². The minimum atomic E-state index is -0.339. The first-order chi connectivity index (χ1) is 13.3. The van der Waals surface area contributed by atoms with E-state index in [2.05, 4.69) is 10.7 Å². The Morgan fingerprint density at radius 2 is 1.59 bits per heavy atom. The molecule has 6 nitrogen and oxygen atoms in total. The molecule has 0 fully saturated rings. The van der Waals surface area contributed by atoms with Crippen LogP contribution in [0.5, 0.6) is 11.5 Å². The van der Waals surface area contributed by atoms with E-state index in [0.29, 0.717) is 23.7 Å². The van der Waals surface area contributed by atoms with E-state index in [9.17, 15) is 4.79 Å². The van der Waals surface area contributed by atoms with Gasteiger partial charge in [0.15, 0.2) is 11.5 Å². The molecule has 136 valence electrons. The summed E-state index contributed by atoms with van der Waals surface area (Å²) in [5.74, 6) is 1.30. The lowest BCUT2D eigenvalue weighted by molar-refractivity contribution is 0.174. The summed E-state index contributed by atoms with van der Waals surface area (Å²) in [6.07, 6.45) is 0. The highest BCUT2D eigenvalue weighted by Gasteiger charge is 2.15. The zero-order valence-electron chi connectivity index (χ0n) is 14.6. The second-order valence-corrected chi connectivity index (χ2v) is 6.04. The highest BCUT2D eigenvalue weighted by atomic mass is 16.7. The zero-order chi connectivity index (χ0) is 18.5. The predicted molar refractivity (Wildman–Crippen MR) is 104 cm³/mol. The number of para-hydroxylation sites is 1. The topological polar surface area (TPSA) is 62.8 Å². The van der Waals surface area contributed by atoms with Crippen LogP contribution in [0.4, 0.5) is 16.2 Å². The van der Waals surface area contributed by atoms with Crippen LogP contribution >= 0.6 is 0 Å². The first-order valence-electron chi connectivity index (χ1n) is 8.62. The molecule has 0 unspecified atom stereocenters. The third kappa shape index (κ3) is 4.12. The Morgan fingerprint density at radius 1 is 0.889 bits per heavy atom. The minimum absolute atomic E-state index is 0.198. The zero-order valence-corrected chi connectivity index (χ0v) is 14.6. The average Bonchev–Trinajstić information content (AvgIpc) is 3.17. The standard InChI is InChI=1S/C21H19N3O3/c25-21(22-17-11-12-19-20(13-17)27-15-26-19)23-24(18-9-5-2-6-10-18)14-16-7-3-1-4-8-16/h1-13H,14-15H2,(H2,22,23,25). The van der Waals surface area contributed by atoms with Crippen LogP contribution < -0.4 is 25.2 Å². The number of ether oxygens (including phenoxy) is 2. The Kier molecular flexibility index (Phi) is 4.78.